The summed E-state index contributed by atoms with van der Waals surface area (Å²) < 4.78 is 60.8. The summed E-state index contributed by atoms with van der Waals surface area (Å²) >= 11 is -7.50. The molecule has 0 amide bonds. The number of hydrogen-bond acceptors (Lipinski definition) is 7. The van der Waals surface area contributed by atoms with Gasteiger partial charge in [-0.15, -0.1) is 0 Å². The van der Waals surface area contributed by atoms with Crippen molar-refractivity contribution >= 4 is 33.2 Å². The smallest absolute Gasteiger partial charge is 0.0629 e. The summed E-state index contributed by atoms with van der Waals surface area (Å²) in [4.78, 5) is 0.759. The van der Waals surface area contributed by atoms with E-state index in [2.05, 4.69) is 0 Å². The molecule has 0 N–H and O–H groups in total. The van der Waals surface area contributed by atoms with Crippen LogP contribution in [0.15, 0.2) is 0 Å². The summed E-state index contributed by atoms with van der Waals surface area (Å²) in [6, 6.07) is 0. The minimum atomic E-state index is -2.50. The van der Waals surface area contributed by atoms with Gasteiger partial charge < -0.3 is 13.7 Å². The highest BCUT2D eigenvalue weighted by Gasteiger charge is 2.04. The molecule has 0 heterocycles. The normalized spacial score (nSPS) is 18.5. The van der Waals surface area contributed by atoms with E-state index in [9.17, 15) is 26.3 Å². The van der Waals surface area contributed by atoms with Crippen molar-refractivity contribution in [3.63, 3.8) is 0 Å². The number of rotatable bonds is 6. The molecule has 0 spiro atoms. The van der Waals surface area contributed by atoms with Crippen LogP contribution in [-0.4, -0.2) is 48.8 Å². The zero-order chi connectivity index (χ0) is 10.4. The second-order valence-electron chi connectivity index (χ2n) is 1.97. The van der Waals surface area contributed by atoms with Gasteiger partial charge in [0.25, 0.3) is 0 Å². The summed E-state index contributed by atoms with van der Waals surface area (Å²) in [5, 5.41) is 0. The van der Waals surface area contributed by atoms with Crippen molar-refractivity contribution < 1.29 is 26.3 Å². The molecule has 0 aliphatic carbocycles. The monoisotopic (exact) mass is 248 g/mol. The van der Waals surface area contributed by atoms with E-state index in [0.29, 0.717) is 0 Å². The van der Waals surface area contributed by atoms with Crippen LogP contribution in [0.25, 0.3) is 0 Å². The summed E-state index contributed by atoms with van der Waals surface area (Å²) in [7, 11) is 0. The van der Waals surface area contributed by atoms with Crippen LogP contribution in [-0.2, 0) is 33.2 Å². The Morgan fingerprint density at radius 2 is 1.00 bits per heavy atom. The average molecular weight is 248 g/mol. The van der Waals surface area contributed by atoms with Crippen molar-refractivity contribution in [1.29, 1.82) is 0 Å². The molecular formula is C3H6NO6S3-3. The Bertz CT molecular complexity index is 193. The minimum Gasteiger partial charge on any atom is -0.771 e. The molecule has 0 saturated heterocycles. The second kappa shape index (κ2) is 6.70. The summed E-state index contributed by atoms with van der Waals surface area (Å²) in [6.07, 6.45) is 0. The third kappa shape index (κ3) is 8.62. The first-order chi connectivity index (χ1) is 5.91. The minimum absolute atomic E-state index is 0.623. The number of hydrogen-bond donors (Lipinski definition) is 0. The maximum atomic E-state index is 10.1. The van der Waals surface area contributed by atoms with Crippen LogP contribution < -0.4 is 0 Å². The Kier molecular flexibility index (Phi) is 6.85. The predicted octanol–water partition coefficient (Wildman–Crippen LogP) is -2.20. The average Bonchev–Trinajstić information content (AvgIpc) is 1.80. The molecule has 0 aromatic carbocycles. The Morgan fingerprint density at radius 1 is 0.769 bits per heavy atom. The molecular weight excluding hydrogens is 242 g/mol. The van der Waals surface area contributed by atoms with Gasteiger partial charge in [0.05, 0.1) is 17.6 Å². The third-order valence-corrected chi connectivity index (χ3v) is 2.59. The van der Waals surface area contributed by atoms with Gasteiger partial charge in [-0.1, -0.05) is 0 Å². The fraction of sp³-hybridized carbons (Fsp3) is 1.00. The van der Waals surface area contributed by atoms with E-state index in [-0.39, 0.29) is 0 Å². The SMILES string of the molecule is O=S([O-])CN(CS(=O)[O-])CS(=O)[O-]. The van der Waals surface area contributed by atoms with E-state index in [0.717, 1.165) is 4.90 Å². The highest BCUT2D eigenvalue weighted by molar-refractivity contribution is 7.80. The molecule has 0 aromatic rings. The molecule has 3 atom stereocenters. The molecule has 10 heteroatoms. The predicted molar refractivity (Wildman–Crippen MR) is 43.2 cm³/mol. The summed E-state index contributed by atoms with van der Waals surface area (Å²) in [6.45, 7) is 0. The first-order valence-electron chi connectivity index (χ1n) is 2.81. The maximum Gasteiger partial charge on any atom is 0.0629 e. The van der Waals surface area contributed by atoms with Gasteiger partial charge in [-0.2, -0.15) is 0 Å². The Morgan fingerprint density at radius 3 is 1.15 bits per heavy atom. The quantitative estimate of drug-likeness (QED) is 0.488. The van der Waals surface area contributed by atoms with Gasteiger partial charge >= 0.3 is 0 Å². The molecule has 0 radical (unpaired) electrons. The van der Waals surface area contributed by atoms with E-state index < -0.39 is 50.9 Å². The first-order valence-corrected chi connectivity index (χ1v) is 6.55. The van der Waals surface area contributed by atoms with Crippen molar-refractivity contribution in [3.05, 3.63) is 0 Å². The summed E-state index contributed by atoms with van der Waals surface area (Å²) in [5.74, 6) is -1.87. The molecule has 0 aliphatic heterocycles. The molecule has 0 fully saturated rings. The van der Waals surface area contributed by atoms with Gasteiger partial charge in [-0.05, 0) is 33.2 Å². The fourth-order valence-corrected chi connectivity index (χ4v) is 2.35. The van der Waals surface area contributed by atoms with Gasteiger partial charge in [0.15, 0.2) is 0 Å². The fourth-order valence-electron chi connectivity index (χ4n) is 0.559. The zero-order valence-electron chi connectivity index (χ0n) is 6.24. The standard InChI is InChI=1S/C3H9NO6S3/c5-11(6)1-4(2-12(7)8)3-13(9)10/h1-3H2,(H,5,6)(H,7,8)(H,9,10)/p-3. The van der Waals surface area contributed by atoms with Gasteiger partial charge in [-0.25, -0.2) is 0 Å². The lowest BCUT2D eigenvalue weighted by atomic mass is 11.0. The Labute approximate surface area is 82.4 Å². The largest absolute Gasteiger partial charge is 0.771 e. The lowest BCUT2D eigenvalue weighted by Crippen LogP contribution is -2.33. The lowest BCUT2D eigenvalue weighted by Gasteiger charge is -2.24. The van der Waals surface area contributed by atoms with Crippen molar-refractivity contribution in [2.75, 3.05) is 17.6 Å². The molecule has 0 aromatic heterocycles. The van der Waals surface area contributed by atoms with Gasteiger partial charge in [-0.3, -0.25) is 17.5 Å². The first kappa shape index (κ1) is 13.3. The van der Waals surface area contributed by atoms with E-state index >= 15 is 0 Å². The highest BCUT2D eigenvalue weighted by atomic mass is 32.2. The van der Waals surface area contributed by atoms with Crippen molar-refractivity contribution in [2.24, 2.45) is 0 Å². The van der Waals surface area contributed by atoms with E-state index in [1.54, 1.807) is 0 Å². The lowest BCUT2D eigenvalue weighted by molar-refractivity contribution is 0.384. The maximum absolute atomic E-state index is 10.1. The van der Waals surface area contributed by atoms with Gasteiger partial charge in [0.2, 0.25) is 0 Å². The molecule has 0 rings (SSSR count). The molecule has 7 nitrogen and oxygen atoms in total. The van der Waals surface area contributed by atoms with Gasteiger partial charge in [0, 0.05) is 0 Å². The van der Waals surface area contributed by atoms with E-state index in [1.165, 1.54) is 0 Å². The van der Waals surface area contributed by atoms with Crippen LogP contribution in [0.4, 0.5) is 0 Å². The van der Waals surface area contributed by atoms with Crippen LogP contribution in [0, 0.1) is 0 Å². The van der Waals surface area contributed by atoms with Crippen molar-refractivity contribution in [2.45, 2.75) is 0 Å². The van der Waals surface area contributed by atoms with Crippen molar-refractivity contribution in [1.82, 2.24) is 4.90 Å². The Balaban J connectivity index is 4.10. The topological polar surface area (TPSA) is 124 Å². The summed E-state index contributed by atoms with van der Waals surface area (Å²) in [5.41, 5.74) is 0. The Hall–Kier alpha value is 0.290. The molecule has 80 valence electrons. The van der Waals surface area contributed by atoms with Crippen LogP contribution in [0.2, 0.25) is 0 Å². The number of nitrogens with zero attached hydrogens (tertiary/aromatic N) is 1. The van der Waals surface area contributed by atoms with Crippen LogP contribution in [0.1, 0.15) is 0 Å². The molecule has 13 heavy (non-hydrogen) atoms. The molecule has 3 unspecified atom stereocenters. The van der Waals surface area contributed by atoms with Crippen LogP contribution in [0.5, 0.6) is 0 Å². The molecule has 0 bridgehead atoms. The van der Waals surface area contributed by atoms with Crippen LogP contribution in [0.3, 0.4) is 0 Å². The zero-order valence-corrected chi connectivity index (χ0v) is 8.69. The van der Waals surface area contributed by atoms with E-state index in [4.69, 9.17) is 0 Å². The highest BCUT2D eigenvalue weighted by Crippen LogP contribution is 1.93. The molecule has 0 aliphatic rings. The molecule has 0 saturated carbocycles. The van der Waals surface area contributed by atoms with Crippen LogP contribution >= 0.6 is 0 Å². The third-order valence-electron chi connectivity index (χ3n) is 0.864. The van der Waals surface area contributed by atoms with Crippen molar-refractivity contribution in [3.8, 4) is 0 Å². The van der Waals surface area contributed by atoms with Gasteiger partial charge in [0.1, 0.15) is 0 Å². The second-order valence-corrected chi connectivity index (χ2v) is 4.57. The van der Waals surface area contributed by atoms with E-state index in [1.807, 2.05) is 0 Å².